The van der Waals surface area contributed by atoms with Crippen LogP contribution in [0.3, 0.4) is 0 Å². The summed E-state index contributed by atoms with van der Waals surface area (Å²) in [5.41, 5.74) is 1.49. The van der Waals surface area contributed by atoms with E-state index in [0.29, 0.717) is 5.69 Å². The van der Waals surface area contributed by atoms with Crippen LogP contribution in [0.5, 0.6) is 0 Å². The SMILES string of the molecule is Cc1ccc(S(=O)(=O)/N=c2\ncccn2CC(=O)Nc2ccc(Br)cc2)cc1. The highest BCUT2D eigenvalue weighted by atomic mass is 79.9. The molecule has 0 saturated heterocycles. The highest BCUT2D eigenvalue weighted by Crippen LogP contribution is 2.14. The Morgan fingerprint density at radius 2 is 1.82 bits per heavy atom. The van der Waals surface area contributed by atoms with Gasteiger partial charge < -0.3 is 9.88 Å². The van der Waals surface area contributed by atoms with E-state index in [4.69, 9.17) is 0 Å². The summed E-state index contributed by atoms with van der Waals surface area (Å²) in [6.45, 7) is 1.73. The molecule has 0 aliphatic heterocycles. The molecule has 3 rings (SSSR count). The highest BCUT2D eigenvalue weighted by molar-refractivity contribution is 9.10. The van der Waals surface area contributed by atoms with Crippen molar-refractivity contribution in [2.45, 2.75) is 18.4 Å². The summed E-state index contributed by atoms with van der Waals surface area (Å²) >= 11 is 3.33. The first-order chi connectivity index (χ1) is 13.3. The summed E-state index contributed by atoms with van der Waals surface area (Å²) in [4.78, 5) is 16.4. The fraction of sp³-hybridized carbons (Fsp3) is 0.105. The number of hydrogen-bond donors (Lipinski definition) is 1. The maximum Gasteiger partial charge on any atom is 0.285 e. The number of nitrogens with one attached hydrogen (secondary N) is 1. The zero-order chi connectivity index (χ0) is 20.1. The van der Waals surface area contributed by atoms with Gasteiger partial charge in [0.25, 0.3) is 10.0 Å². The van der Waals surface area contributed by atoms with Crippen molar-refractivity contribution in [2.24, 2.45) is 4.40 Å². The number of halogens is 1. The predicted octanol–water partition coefficient (Wildman–Crippen LogP) is 2.88. The Hall–Kier alpha value is -2.78. The van der Waals surface area contributed by atoms with Crippen molar-refractivity contribution in [1.82, 2.24) is 9.55 Å². The van der Waals surface area contributed by atoms with Crippen LogP contribution in [-0.2, 0) is 21.4 Å². The van der Waals surface area contributed by atoms with Gasteiger partial charge in [-0.15, -0.1) is 4.40 Å². The van der Waals surface area contributed by atoms with E-state index in [9.17, 15) is 13.2 Å². The van der Waals surface area contributed by atoms with E-state index in [1.807, 2.05) is 19.1 Å². The third-order valence-electron chi connectivity index (χ3n) is 3.76. The average Bonchev–Trinajstić information content (AvgIpc) is 2.65. The molecule has 0 aliphatic rings. The van der Waals surface area contributed by atoms with Gasteiger partial charge in [0.05, 0.1) is 4.90 Å². The molecule has 0 fully saturated rings. The Bertz CT molecular complexity index is 1150. The lowest BCUT2D eigenvalue weighted by molar-refractivity contribution is -0.116. The Labute approximate surface area is 171 Å². The van der Waals surface area contributed by atoms with Crippen molar-refractivity contribution in [3.63, 3.8) is 0 Å². The molecule has 0 saturated carbocycles. The van der Waals surface area contributed by atoms with Crippen LogP contribution in [0.2, 0.25) is 0 Å². The van der Waals surface area contributed by atoms with Crippen LogP contribution >= 0.6 is 15.9 Å². The summed E-state index contributed by atoms with van der Waals surface area (Å²) < 4.78 is 31.2. The van der Waals surface area contributed by atoms with Gasteiger partial charge in [-0.25, -0.2) is 4.98 Å². The van der Waals surface area contributed by atoms with Gasteiger partial charge in [-0.1, -0.05) is 33.6 Å². The molecule has 0 atom stereocenters. The van der Waals surface area contributed by atoms with Crippen LogP contribution in [0.25, 0.3) is 0 Å². The smallest absolute Gasteiger partial charge is 0.285 e. The molecular formula is C19H17BrN4O3S. The molecule has 0 unspecified atom stereocenters. The lowest BCUT2D eigenvalue weighted by atomic mass is 10.2. The second kappa shape index (κ2) is 8.49. The Kier molecular flexibility index (Phi) is 6.05. The molecular weight excluding hydrogens is 444 g/mol. The molecule has 0 radical (unpaired) electrons. The van der Waals surface area contributed by atoms with E-state index in [-0.39, 0.29) is 23.0 Å². The maximum atomic E-state index is 12.5. The lowest BCUT2D eigenvalue weighted by Crippen LogP contribution is -2.30. The molecule has 3 aromatic rings. The minimum Gasteiger partial charge on any atom is -0.325 e. The number of hydrogen-bond acceptors (Lipinski definition) is 4. The quantitative estimate of drug-likeness (QED) is 0.633. The topological polar surface area (TPSA) is 93.4 Å². The zero-order valence-corrected chi connectivity index (χ0v) is 17.3. The second-order valence-corrected chi connectivity index (χ2v) is 8.50. The van der Waals surface area contributed by atoms with Crippen LogP contribution < -0.4 is 10.9 Å². The number of carbonyl (C=O) groups excluding carboxylic acids is 1. The van der Waals surface area contributed by atoms with E-state index < -0.39 is 10.0 Å². The fourth-order valence-electron chi connectivity index (χ4n) is 2.35. The number of aryl methyl sites for hydroxylation is 1. The highest BCUT2D eigenvalue weighted by Gasteiger charge is 2.13. The summed E-state index contributed by atoms with van der Waals surface area (Å²) in [5.74, 6) is -0.329. The van der Waals surface area contributed by atoms with Gasteiger partial charge in [-0.3, -0.25) is 4.79 Å². The van der Waals surface area contributed by atoms with Crippen molar-refractivity contribution in [1.29, 1.82) is 0 Å². The van der Waals surface area contributed by atoms with Gasteiger partial charge in [0.15, 0.2) is 0 Å². The summed E-state index contributed by atoms with van der Waals surface area (Å²) in [6.07, 6.45) is 2.98. The van der Waals surface area contributed by atoms with Crippen molar-refractivity contribution in [2.75, 3.05) is 5.32 Å². The molecule has 144 valence electrons. The number of carbonyl (C=O) groups is 1. The number of benzene rings is 2. The molecule has 28 heavy (non-hydrogen) atoms. The van der Waals surface area contributed by atoms with Gasteiger partial charge in [0.1, 0.15) is 6.54 Å². The van der Waals surface area contributed by atoms with E-state index in [1.54, 1.807) is 36.5 Å². The molecule has 9 heteroatoms. The normalized spacial score (nSPS) is 12.0. The second-order valence-electron chi connectivity index (χ2n) is 5.98. The molecule has 7 nitrogen and oxygen atoms in total. The molecule has 0 aliphatic carbocycles. The van der Waals surface area contributed by atoms with Crippen LogP contribution in [0.1, 0.15) is 5.56 Å². The molecule has 1 aromatic heterocycles. The third-order valence-corrected chi connectivity index (χ3v) is 5.56. The number of sulfonamides is 1. The number of anilines is 1. The molecule has 1 N–H and O–H groups in total. The zero-order valence-electron chi connectivity index (χ0n) is 14.9. The molecule has 0 spiro atoms. The van der Waals surface area contributed by atoms with Crippen LogP contribution in [0, 0.1) is 6.92 Å². The number of nitrogens with zero attached hydrogens (tertiary/aromatic N) is 3. The first kappa shape index (κ1) is 20.0. The Balaban J connectivity index is 1.86. The number of amides is 1. The van der Waals surface area contributed by atoms with Gasteiger partial charge in [-0.2, -0.15) is 8.42 Å². The van der Waals surface area contributed by atoms with Crippen molar-refractivity contribution in [3.8, 4) is 0 Å². The van der Waals surface area contributed by atoms with Crippen LogP contribution in [-0.4, -0.2) is 23.9 Å². The monoisotopic (exact) mass is 460 g/mol. The van der Waals surface area contributed by atoms with Crippen molar-refractivity contribution in [3.05, 3.63) is 82.6 Å². The first-order valence-electron chi connectivity index (χ1n) is 8.28. The van der Waals surface area contributed by atoms with E-state index >= 15 is 0 Å². The average molecular weight is 461 g/mol. The van der Waals surface area contributed by atoms with Crippen molar-refractivity contribution >= 4 is 37.5 Å². The molecule has 1 amide bonds. The summed E-state index contributed by atoms with van der Waals surface area (Å²) in [6, 6.07) is 15.1. The first-order valence-corrected chi connectivity index (χ1v) is 10.5. The maximum absolute atomic E-state index is 12.5. The van der Waals surface area contributed by atoms with Gasteiger partial charge in [0, 0.05) is 22.6 Å². The van der Waals surface area contributed by atoms with Gasteiger partial charge in [0.2, 0.25) is 11.5 Å². The summed E-state index contributed by atoms with van der Waals surface area (Å²) in [7, 11) is -3.95. The Morgan fingerprint density at radius 3 is 2.50 bits per heavy atom. The minimum atomic E-state index is -3.95. The van der Waals surface area contributed by atoms with Crippen LogP contribution in [0.15, 0.2) is 80.8 Å². The van der Waals surface area contributed by atoms with Crippen LogP contribution in [0.4, 0.5) is 5.69 Å². The van der Waals surface area contributed by atoms with E-state index in [1.165, 1.54) is 22.9 Å². The van der Waals surface area contributed by atoms with E-state index in [0.717, 1.165) is 10.0 Å². The fourth-order valence-corrected chi connectivity index (χ4v) is 3.57. The standard InChI is InChI=1S/C19H17BrN4O3S/c1-14-3-9-17(10-4-14)28(26,27)23-19-21-11-2-12-24(19)13-18(25)22-16-7-5-15(20)6-8-16/h2-12H,13H2,1H3,(H,22,25)/b23-19+. The molecule has 0 bridgehead atoms. The molecule has 2 aromatic carbocycles. The third kappa shape index (κ3) is 5.14. The van der Waals surface area contributed by atoms with Gasteiger partial charge >= 0.3 is 0 Å². The lowest BCUT2D eigenvalue weighted by Gasteiger charge is -2.08. The Morgan fingerprint density at radius 1 is 1.14 bits per heavy atom. The molecule has 1 heterocycles. The minimum absolute atomic E-state index is 0.0645. The largest absolute Gasteiger partial charge is 0.325 e. The number of rotatable bonds is 5. The van der Waals surface area contributed by atoms with E-state index in [2.05, 4.69) is 30.6 Å². The number of aromatic nitrogens is 2. The predicted molar refractivity (Wildman–Crippen MR) is 109 cm³/mol. The van der Waals surface area contributed by atoms with Gasteiger partial charge in [-0.05, 0) is 49.4 Å². The summed E-state index contributed by atoms with van der Waals surface area (Å²) in [5, 5.41) is 2.75. The van der Waals surface area contributed by atoms with Crippen molar-refractivity contribution < 1.29 is 13.2 Å².